The van der Waals surface area contributed by atoms with Crippen LogP contribution in [0.2, 0.25) is 0 Å². The van der Waals surface area contributed by atoms with Crippen molar-refractivity contribution >= 4 is 20.7 Å². The molecule has 5 heteroatoms. The van der Waals surface area contributed by atoms with Crippen molar-refractivity contribution < 1.29 is 12.3 Å². The van der Waals surface area contributed by atoms with Gasteiger partial charge in [-0.05, 0) is 13.8 Å². The van der Waals surface area contributed by atoms with Crippen LogP contribution in [0.25, 0.3) is 0 Å². The molecular weight excluding hydrogens is 157 g/mol. The zero-order valence-electron chi connectivity index (χ0n) is 4.51. The molecule has 0 unspecified atom stereocenters. The third kappa shape index (κ3) is 2.04. The Balaban J connectivity index is 4.02. The van der Waals surface area contributed by atoms with Crippen molar-refractivity contribution in [3.63, 3.8) is 0 Å². The lowest BCUT2D eigenvalue weighted by Gasteiger charge is -2.15. The SMILES string of the molecule is CC(C)(Cl)[Si](F)(F)F. The minimum atomic E-state index is -5.59. The Hall–Kier alpha value is 0.297. The molecule has 0 radical (unpaired) electrons. The lowest BCUT2D eigenvalue weighted by atomic mass is 10.5. The quantitative estimate of drug-likeness (QED) is 0.316. The molecule has 0 aromatic heterocycles. The first kappa shape index (κ1) is 8.30. The Morgan fingerprint density at radius 3 is 1.38 bits per heavy atom. The summed E-state index contributed by atoms with van der Waals surface area (Å²) >= 11 is 4.95. The van der Waals surface area contributed by atoms with E-state index in [2.05, 4.69) is 0 Å². The predicted molar refractivity (Wildman–Crippen MR) is 29.0 cm³/mol. The second-order valence-electron chi connectivity index (χ2n) is 1.97. The Labute approximate surface area is 52.2 Å². The fraction of sp³-hybridized carbons (Fsp3) is 1.00. The van der Waals surface area contributed by atoms with Crippen LogP contribution in [0.5, 0.6) is 0 Å². The van der Waals surface area contributed by atoms with Crippen LogP contribution in [0, 0.1) is 0 Å². The zero-order chi connectivity index (χ0) is 7.00. The van der Waals surface area contributed by atoms with Gasteiger partial charge in [-0.25, -0.2) is 12.3 Å². The van der Waals surface area contributed by atoms with Crippen molar-refractivity contribution in [1.29, 1.82) is 0 Å². The van der Waals surface area contributed by atoms with Gasteiger partial charge in [0.05, 0.1) is 0 Å². The molecule has 0 saturated carbocycles. The third-order valence-corrected chi connectivity index (χ3v) is 2.67. The number of halogens is 4. The van der Waals surface area contributed by atoms with E-state index >= 15 is 0 Å². The van der Waals surface area contributed by atoms with Crippen LogP contribution < -0.4 is 0 Å². The fourth-order valence-electron chi connectivity index (χ4n) is 0. The van der Waals surface area contributed by atoms with E-state index in [4.69, 9.17) is 11.6 Å². The first-order chi connectivity index (χ1) is 3.25. The molecule has 0 aromatic rings. The smallest absolute Gasteiger partial charge is 0.237 e. The Bertz CT molecular complexity index is 69.5. The summed E-state index contributed by atoms with van der Waals surface area (Å²) in [7, 11) is -5.59. The van der Waals surface area contributed by atoms with Gasteiger partial charge in [-0.15, -0.1) is 11.6 Å². The molecule has 0 amide bonds. The van der Waals surface area contributed by atoms with Gasteiger partial charge >= 0.3 is 9.08 Å². The summed E-state index contributed by atoms with van der Waals surface area (Å²) in [5.74, 6) is 0. The van der Waals surface area contributed by atoms with Crippen molar-refractivity contribution in [3.05, 3.63) is 0 Å². The lowest BCUT2D eigenvalue weighted by molar-refractivity contribution is 0.435. The summed E-state index contributed by atoms with van der Waals surface area (Å²) in [6, 6.07) is 0. The standard InChI is InChI=1S/C3H6ClF3Si/c1-3(2,4)8(5,6)7/h1-2H3. The Kier molecular flexibility index (Phi) is 1.98. The molecule has 0 bridgehead atoms. The highest BCUT2D eigenvalue weighted by molar-refractivity contribution is 6.72. The molecule has 0 nitrogen and oxygen atoms in total. The molecule has 0 N–H and O–H groups in total. The van der Waals surface area contributed by atoms with Gasteiger partial charge in [0.1, 0.15) is 4.50 Å². The molecule has 0 fully saturated rings. The second kappa shape index (κ2) is 1.91. The van der Waals surface area contributed by atoms with Crippen LogP contribution in [0.1, 0.15) is 13.8 Å². The maximum absolute atomic E-state index is 11.6. The maximum atomic E-state index is 11.6. The van der Waals surface area contributed by atoms with Crippen LogP contribution in [0.3, 0.4) is 0 Å². The summed E-state index contributed by atoms with van der Waals surface area (Å²) in [5.41, 5.74) is 0. The molecule has 0 spiro atoms. The van der Waals surface area contributed by atoms with Gasteiger partial charge in [-0.3, -0.25) is 0 Å². The molecule has 0 atom stereocenters. The average Bonchev–Trinajstić information content (AvgIpc) is 1.25. The summed E-state index contributed by atoms with van der Waals surface area (Å²) < 4.78 is 32.8. The van der Waals surface area contributed by atoms with E-state index in [1.54, 1.807) is 0 Å². The fourth-order valence-corrected chi connectivity index (χ4v) is 0. The molecule has 0 aromatic carbocycles. The van der Waals surface area contributed by atoms with Gasteiger partial charge in [-0.2, -0.15) is 0 Å². The first-order valence-corrected chi connectivity index (χ1v) is 4.02. The number of hydrogen-bond donors (Lipinski definition) is 0. The van der Waals surface area contributed by atoms with Gasteiger partial charge in [-0.1, -0.05) is 0 Å². The van der Waals surface area contributed by atoms with Gasteiger partial charge in [0.15, 0.2) is 0 Å². The molecule has 0 heterocycles. The van der Waals surface area contributed by atoms with E-state index in [0.717, 1.165) is 13.8 Å². The topological polar surface area (TPSA) is 0 Å². The van der Waals surface area contributed by atoms with E-state index in [9.17, 15) is 12.3 Å². The van der Waals surface area contributed by atoms with Crippen molar-refractivity contribution in [1.82, 2.24) is 0 Å². The molecule has 0 aliphatic carbocycles. The highest BCUT2D eigenvalue weighted by Gasteiger charge is 2.53. The van der Waals surface area contributed by atoms with Crippen molar-refractivity contribution in [3.8, 4) is 0 Å². The minimum Gasteiger partial charge on any atom is -0.237 e. The van der Waals surface area contributed by atoms with E-state index in [1.807, 2.05) is 0 Å². The predicted octanol–water partition coefficient (Wildman–Crippen LogP) is 2.39. The minimum absolute atomic E-state index is 0.973. The van der Waals surface area contributed by atoms with E-state index in [0.29, 0.717) is 0 Å². The van der Waals surface area contributed by atoms with Gasteiger partial charge in [0.2, 0.25) is 0 Å². The number of hydrogen-bond acceptors (Lipinski definition) is 0. The highest BCUT2D eigenvalue weighted by atomic mass is 35.5. The van der Waals surface area contributed by atoms with E-state index < -0.39 is 13.6 Å². The third-order valence-electron chi connectivity index (χ3n) is 0.674. The van der Waals surface area contributed by atoms with E-state index in [-0.39, 0.29) is 0 Å². The molecule has 0 aliphatic rings. The molecule has 0 rings (SSSR count). The van der Waals surface area contributed by atoms with Crippen LogP contribution in [-0.2, 0) is 0 Å². The van der Waals surface area contributed by atoms with Crippen molar-refractivity contribution in [2.45, 2.75) is 18.3 Å². The Morgan fingerprint density at radius 1 is 1.25 bits per heavy atom. The molecule has 8 heavy (non-hydrogen) atoms. The zero-order valence-corrected chi connectivity index (χ0v) is 6.27. The molecule has 50 valence electrons. The van der Waals surface area contributed by atoms with Crippen LogP contribution >= 0.6 is 11.6 Å². The second-order valence-corrected chi connectivity index (χ2v) is 5.48. The number of alkyl halides is 1. The first-order valence-electron chi connectivity index (χ1n) is 2.01. The maximum Gasteiger partial charge on any atom is 0.637 e. The molecular formula is C3H6ClF3Si. The average molecular weight is 163 g/mol. The van der Waals surface area contributed by atoms with Crippen LogP contribution in [0.4, 0.5) is 12.3 Å². The lowest BCUT2D eigenvalue weighted by Crippen LogP contribution is -2.39. The summed E-state index contributed by atoms with van der Waals surface area (Å²) in [5, 5.41) is 0. The van der Waals surface area contributed by atoms with Gasteiger partial charge in [0.25, 0.3) is 0 Å². The highest BCUT2D eigenvalue weighted by Crippen LogP contribution is 2.29. The monoisotopic (exact) mass is 162 g/mol. The summed E-state index contributed by atoms with van der Waals surface area (Å²) in [6.07, 6.45) is 0. The van der Waals surface area contributed by atoms with Crippen molar-refractivity contribution in [2.24, 2.45) is 0 Å². The van der Waals surface area contributed by atoms with E-state index in [1.165, 1.54) is 0 Å². The number of rotatable bonds is 1. The van der Waals surface area contributed by atoms with Crippen LogP contribution in [-0.4, -0.2) is 13.6 Å². The molecule has 0 aliphatic heterocycles. The van der Waals surface area contributed by atoms with Crippen LogP contribution in [0.15, 0.2) is 0 Å². The summed E-state index contributed by atoms with van der Waals surface area (Å²) in [4.78, 5) is 0. The van der Waals surface area contributed by atoms with Gasteiger partial charge < -0.3 is 0 Å². The van der Waals surface area contributed by atoms with Crippen molar-refractivity contribution in [2.75, 3.05) is 0 Å². The molecule has 0 saturated heterocycles. The normalized spacial score (nSPS) is 14.2. The Morgan fingerprint density at radius 2 is 1.38 bits per heavy atom. The van der Waals surface area contributed by atoms with Gasteiger partial charge in [0, 0.05) is 0 Å². The summed E-state index contributed by atoms with van der Waals surface area (Å²) in [6.45, 7) is 1.95. The largest absolute Gasteiger partial charge is 0.637 e.